The first-order valence-electron chi connectivity index (χ1n) is 6.86. The lowest BCUT2D eigenvalue weighted by atomic mass is 10.0. The number of benzene rings is 1. The van der Waals surface area contributed by atoms with Crippen LogP contribution in [0.1, 0.15) is 0 Å². The summed E-state index contributed by atoms with van der Waals surface area (Å²) >= 11 is 0. The second-order valence-corrected chi connectivity index (χ2v) is 7.28. The van der Waals surface area contributed by atoms with Gasteiger partial charge in [0, 0.05) is 30.1 Å². The van der Waals surface area contributed by atoms with E-state index >= 15 is 0 Å². The molecule has 1 N–H and O–H groups in total. The summed E-state index contributed by atoms with van der Waals surface area (Å²) in [5.41, 5.74) is 1.07. The fraction of sp³-hybridized carbons (Fsp3) is 0.267. The molecule has 2 aromatic rings. The van der Waals surface area contributed by atoms with Gasteiger partial charge in [-0.2, -0.15) is 0 Å². The predicted octanol–water partition coefficient (Wildman–Crippen LogP) is 3.10. The van der Waals surface area contributed by atoms with Gasteiger partial charge in [-0.15, -0.1) is 13.2 Å². The summed E-state index contributed by atoms with van der Waals surface area (Å²) in [6.07, 6.45) is -0.859. The highest BCUT2D eigenvalue weighted by atomic mass is 32.2. The molecule has 0 aliphatic rings. The van der Waals surface area contributed by atoms with Gasteiger partial charge < -0.3 is 10.1 Å². The normalized spacial score (nSPS) is 12.0. The zero-order valence-electron chi connectivity index (χ0n) is 12.7. The van der Waals surface area contributed by atoms with Crippen molar-refractivity contribution in [3.05, 3.63) is 42.7 Å². The molecule has 130 valence electrons. The number of hydrogen-bond donors (Lipinski definition) is 1. The zero-order valence-corrected chi connectivity index (χ0v) is 13.5. The lowest BCUT2D eigenvalue weighted by Crippen LogP contribution is -2.18. The van der Waals surface area contributed by atoms with Crippen LogP contribution in [0.25, 0.3) is 11.1 Å². The van der Waals surface area contributed by atoms with Crippen LogP contribution < -0.4 is 10.1 Å². The highest BCUT2D eigenvalue weighted by molar-refractivity contribution is 7.90. The minimum atomic E-state index is -4.81. The maximum atomic E-state index is 12.6. The Labute approximate surface area is 137 Å². The van der Waals surface area contributed by atoms with Gasteiger partial charge in [-0.05, 0) is 12.1 Å². The summed E-state index contributed by atoms with van der Waals surface area (Å²) in [6.45, 7) is 0.111. The fourth-order valence-corrected chi connectivity index (χ4v) is 2.52. The van der Waals surface area contributed by atoms with Crippen LogP contribution in [-0.2, 0) is 9.84 Å². The molecular formula is C15H15F3N2O3S. The fourth-order valence-electron chi connectivity index (χ4n) is 2.04. The number of halogens is 3. The molecule has 0 saturated carbocycles. The smallest absolute Gasteiger partial charge is 0.405 e. The predicted molar refractivity (Wildman–Crippen MR) is 84.6 cm³/mol. The topological polar surface area (TPSA) is 68.3 Å². The first-order valence-corrected chi connectivity index (χ1v) is 8.92. The molecule has 5 nitrogen and oxygen atoms in total. The van der Waals surface area contributed by atoms with Crippen molar-refractivity contribution in [2.24, 2.45) is 0 Å². The molecule has 0 fully saturated rings. The molecule has 1 heterocycles. The SMILES string of the molecule is CS(=O)(=O)CCNc1cnccc1-c1ccccc1OC(F)(F)F. The number of rotatable bonds is 6. The van der Waals surface area contributed by atoms with Crippen LogP contribution in [0.2, 0.25) is 0 Å². The Morgan fingerprint density at radius 3 is 2.54 bits per heavy atom. The molecule has 0 unspecified atom stereocenters. The highest BCUT2D eigenvalue weighted by Gasteiger charge is 2.32. The van der Waals surface area contributed by atoms with Gasteiger partial charge in [0.25, 0.3) is 0 Å². The van der Waals surface area contributed by atoms with E-state index in [9.17, 15) is 21.6 Å². The molecule has 9 heteroatoms. The Morgan fingerprint density at radius 1 is 1.17 bits per heavy atom. The van der Waals surface area contributed by atoms with Gasteiger partial charge in [-0.1, -0.05) is 18.2 Å². The molecule has 0 atom stereocenters. The van der Waals surface area contributed by atoms with Crippen molar-refractivity contribution in [3.8, 4) is 16.9 Å². The summed E-state index contributed by atoms with van der Waals surface area (Å²) < 4.78 is 64.1. The average molecular weight is 360 g/mol. The summed E-state index contributed by atoms with van der Waals surface area (Å²) in [5.74, 6) is -0.454. The number of anilines is 1. The minimum Gasteiger partial charge on any atom is -0.405 e. The lowest BCUT2D eigenvalue weighted by Gasteiger charge is -2.16. The van der Waals surface area contributed by atoms with Gasteiger partial charge in [0.1, 0.15) is 15.6 Å². The molecule has 1 aromatic carbocycles. The number of sulfone groups is 1. The van der Waals surface area contributed by atoms with Gasteiger partial charge >= 0.3 is 6.36 Å². The Hall–Kier alpha value is -2.29. The van der Waals surface area contributed by atoms with Crippen molar-refractivity contribution in [3.63, 3.8) is 0 Å². The van der Waals surface area contributed by atoms with E-state index in [1.807, 2.05) is 0 Å². The minimum absolute atomic E-state index is 0.109. The van der Waals surface area contributed by atoms with Crippen LogP contribution in [0.15, 0.2) is 42.7 Å². The van der Waals surface area contributed by atoms with Gasteiger partial charge in [0.15, 0.2) is 0 Å². The molecule has 0 bridgehead atoms. The van der Waals surface area contributed by atoms with E-state index in [0.717, 1.165) is 6.26 Å². The molecule has 0 spiro atoms. The largest absolute Gasteiger partial charge is 0.573 e. The Morgan fingerprint density at radius 2 is 1.88 bits per heavy atom. The maximum absolute atomic E-state index is 12.6. The number of ether oxygens (including phenoxy) is 1. The van der Waals surface area contributed by atoms with Crippen LogP contribution in [-0.4, -0.2) is 38.3 Å². The van der Waals surface area contributed by atoms with Crippen LogP contribution in [0.4, 0.5) is 18.9 Å². The molecule has 0 amide bonds. The zero-order chi connectivity index (χ0) is 17.8. The summed E-state index contributed by atoms with van der Waals surface area (Å²) in [7, 11) is -3.16. The third-order valence-electron chi connectivity index (χ3n) is 3.01. The van der Waals surface area contributed by atoms with Crippen molar-refractivity contribution in [1.29, 1.82) is 0 Å². The number of aromatic nitrogens is 1. The highest BCUT2D eigenvalue weighted by Crippen LogP contribution is 2.36. The molecule has 0 aliphatic carbocycles. The van der Waals surface area contributed by atoms with E-state index in [1.165, 1.54) is 36.7 Å². The molecule has 0 saturated heterocycles. The van der Waals surface area contributed by atoms with Crippen LogP contribution in [0, 0.1) is 0 Å². The molecule has 24 heavy (non-hydrogen) atoms. The summed E-state index contributed by atoms with van der Waals surface area (Å²) in [4.78, 5) is 3.92. The van der Waals surface area contributed by atoms with Gasteiger partial charge in [0.05, 0.1) is 17.6 Å². The second-order valence-electron chi connectivity index (χ2n) is 5.02. The summed E-state index contributed by atoms with van der Waals surface area (Å²) in [6, 6.07) is 7.24. The van der Waals surface area contributed by atoms with Crippen molar-refractivity contribution in [2.75, 3.05) is 23.9 Å². The molecule has 0 radical (unpaired) electrons. The van der Waals surface area contributed by atoms with Crippen molar-refractivity contribution in [1.82, 2.24) is 4.98 Å². The van der Waals surface area contributed by atoms with Crippen LogP contribution in [0.5, 0.6) is 5.75 Å². The monoisotopic (exact) mass is 360 g/mol. The number of pyridine rings is 1. The number of hydrogen-bond acceptors (Lipinski definition) is 5. The Kier molecular flexibility index (Phi) is 5.33. The first kappa shape index (κ1) is 18.1. The second kappa shape index (κ2) is 7.08. The molecular weight excluding hydrogens is 345 g/mol. The maximum Gasteiger partial charge on any atom is 0.573 e. The van der Waals surface area contributed by atoms with E-state index in [-0.39, 0.29) is 23.6 Å². The van der Waals surface area contributed by atoms with Crippen molar-refractivity contribution >= 4 is 15.5 Å². The summed E-state index contributed by atoms with van der Waals surface area (Å²) in [5, 5.41) is 2.88. The van der Waals surface area contributed by atoms with E-state index < -0.39 is 16.2 Å². The van der Waals surface area contributed by atoms with Gasteiger partial charge in [-0.3, -0.25) is 4.98 Å². The first-order chi connectivity index (χ1) is 11.2. The lowest BCUT2D eigenvalue weighted by molar-refractivity contribution is -0.274. The number of para-hydroxylation sites is 1. The van der Waals surface area contributed by atoms with Crippen molar-refractivity contribution in [2.45, 2.75) is 6.36 Å². The third-order valence-corrected chi connectivity index (χ3v) is 3.96. The number of alkyl halides is 3. The quantitative estimate of drug-likeness (QED) is 0.857. The average Bonchev–Trinajstić information content (AvgIpc) is 2.46. The van der Waals surface area contributed by atoms with E-state index in [0.29, 0.717) is 11.3 Å². The van der Waals surface area contributed by atoms with E-state index in [4.69, 9.17) is 0 Å². The van der Waals surface area contributed by atoms with E-state index in [1.54, 1.807) is 6.07 Å². The standard InChI is InChI=1S/C15H15F3N2O3S/c1-24(21,22)9-8-20-13-10-19-7-6-11(13)12-4-2-3-5-14(12)23-15(16,17)18/h2-7,10,20H,8-9H2,1H3. The number of nitrogens with one attached hydrogen (secondary N) is 1. The number of nitrogens with zero attached hydrogens (tertiary/aromatic N) is 1. The van der Waals surface area contributed by atoms with Gasteiger partial charge in [-0.25, -0.2) is 8.42 Å². The third kappa shape index (κ3) is 5.41. The van der Waals surface area contributed by atoms with E-state index in [2.05, 4.69) is 15.0 Å². The Bertz CT molecular complexity index is 808. The molecule has 1 aromatic heterocycles. The molecule has 0 aliphatic heterocycles. The van der Waals surface area contributed by atoms with Crippen LogP contribution >= 0.6 is 0 Å². The van der Waals surface area contributed by atoms with Gasteiger partial charge in [0.2, 0.25) is 0 Å². The van der Waals surface area contributed by atoms with Crippen molar-refractivity contribution < 1.29 is 26.3 Å². The molecule has 2 rings (SSSR count). The Balaban J connectivity index is 2.33. The van der Waals surface area contributed by atoms with Crippen LogP contribution in [0.3, 0.4) is 0 Å².